The van der Waals surface area contributed by atoms with Crippen LogP contribution < -0.4 is 15.4 Å². The van der Waals surface area contributed by atoms with E-state index in [0.717, 1.165) is 37.0 Å². The van der Waals surface area contributed by atoms with Gasteiger partial charge in [0.15, 0.2) is 5.96 Å². The maximum absolute atomic E-state index is 5.83. The van der Waals surface area contributed by atoms with E-state index in [0.29, 0.717) is 19.2 Å². The van der Waals surface area contributed by atoms with Gasteiger partial charge in [-0.15, -0.1) is 0 Å². The fourth-order valence-electron chi connectivity index (χ4n) is 4.13. The quantitative estimate of drug-likeness (QED) is 0.384. The largest absolute Gasteiger partial charge is 0.487 e. The van der Waals surface area contributed by atoms with Crippen LogP contribution in [0.25, 0.3) is 0 Å². The highest BCUT2D eigenvalue weighted by Gasteiger charge is 2.23. The van der Waals surface area contributed by atoms with Crippen molar-refractivity contribution in [2.75, 3.05) is 26.7 Å². The predicted octanol–water partition coefficient (Wildman–Crippen LogP) is 4.16. The van der Waals surface area contributed by atoms with Gasteiger partial charge in [0.05, 0.1) is 11.7 Å². The molecular formula is C27H33N5O. The molecule has 0 bridgehead atoms. The van der Waals surface area contributed by atoms with Crippen LogP contribution in [-0.2, 0) is 13.2 Å². The number of benzene rings is 2. The molecule has 6 nitrogen and oxygen atoms in total. The number of hydrogen-bond donors (Lipinski definition) is 2. The summed E-state index contributed by atoms with van der Waals surface area (Å²) in [5.74, 6) is 1.65. The van der Waals surface area contributed by atoms with E-state index < -0.39 is 0 Å². The van der Waals surface area contributed by atoms with Crippen molar-refractivity contribution in [1.82, 2.24) is 20.5 Å². The van der Waals surface area contributed by atoms with Gasteiger partial charge in [-0.1, -0.05) is 48.5 Å². The summed E-state index contributed by atoms with van der Waals surface area (Å²) in [6, 6.07) is 25.1. The minimum absolute atomic E-state index is 0.350. The van der Waals surface area contributed by atoms with Crippen molar-refractivity contribution in [2.45, 2.75) is 32.0 Å². The Kier molecular flexibility index (Phi) is 8.30. The third-order valence-corrected chi connectivity index (χ3v) is 5.95. The highest BCUT2D eigenvalue weighted by Crippen LogP contribution is 2.24. The summed E-state index contributed by atoms with van der Waals surface area (Å²) >= 11 is 0. The first-order valence-electron chi connectivity index (χ1n) is 11.7. The van der Waals surface area contributed by atoms with Gasteiger partial charge in [-0.3, -0.25) is 14.9 Å². The number of hydrogen-bond acceptors (Lipinski definition) is 4. The van der Waals surface area contributed by atoms with Gasteiger partial charge in [0.25, 0.3) is 0 Å². The smallest absolute Gasteiger partial charge is 0.191 e. The number of nitrogens with zero attached hydrogens (tertiary/aromatic N) is 3. The molecular weight excluding hydrogens is 410 g/mol. The lowest BCUT2D eigenvalue weighted by Gasteiger charge is -2.29. The molecule has 1 unspecified atom stereocenters. The monoisotopic (exact) mass is 443 g/mol. The zero-order valence-electron chi connectivity index (χ0n) is 19.3. The number of rotatable bonds is 9. The van der Waals surface area contributed by atoms with E-state index in [9.17, 15) is 0 Å². The van der Waals surface area contributed by atoms with E-state index in [1.54, 1.807) is 6.20 Å². The van der Waals surface area contributed by atoms with Crippen molar-refractivity contribution in [3.05, 3.63) is 95.8 Å². The summed E-state index contributed by atoms with van der Waals surface area (Å²) in [6.07, 6.45) is 4.33. The highest BCUT2D eigenvalue weighted by atomic mass is 16.5. The van der Waals surface area contributed by atoms with Gasteiger partial charge in [-0.25, -0.2) is 0 Å². The van der Waals surface area contributed by atoms with Crippen molar-refractivity contribution in [2.24, 2.45) is 4.99 Å². The summed E-state index contributed by atoms with van der Waals surface area (Å²) in [5.41, 5.74) is 3.44. The van der Waals surface area contributed by atoms with Crippen molar-refractivity contribution in [1.29, 1.82) is 0 Å². The molecule has 2 heterocycles. The molecule has 3 aromatic rings. The second-order valence-corrected chi connectivity index (χ2v) is 8.23. The number of pyridine rings is 1. The van der Waals surface area contributed by atoms with Crippen LogP contribution in [0.4, 0.5) is 0 Å². The lowest BCUT2D eigenvalue weighted by atomic mass is 10.1. The van der Waals surface area contributed by atoms with Crippen LogP contribution in [-0.4, -0.2) is 42.5 Å². The lowest BCUT2D eigenvalue weighted by molar-refractivity contribution is 0.245. The average molecular weight is 444 g/mol. The topological polar surface area (TPSA) is 61.8 Å². The number of aromatic nitrogens is 1. The Hall–Kier alpha value is -3.38. The van der Waals surface area contributed by atoms with Gasteiger partial charge < -0.3 is 15.4 Å². The number of guanidine groups is 1. The molecule has 0 spiro atoms. The molecule has 1 fully saturated rings. The van der Waals surface area contributed by atoms with Gasteiger partial charge >= 0.3 is 0 Å². The van der Waals surface area contributed by atoms with Crippen LogP contribution >= 0.6 is 0 Å². The molecule has 2 N–H and O–H groups in total. The second-order valence-electron chi connectivity index (χ2n) is 8.23. The van der Waals surface area contributed by atoms with E-state index in [1.807, 2.05) is 37.4 Å². The third kappa shape index (κ3) is 6.80. The van der Waals surface area contributed by atoms with Crippen molar-refractivity contribution in [3.8, 4) is 5.75 Å². The number of aliphatic imine (C=N–C) groups is 1. The Labute approximate surface area is 196 Å². The Morgan fingerprint density at radius 3 is 2.42 bits per heavy atom. The normalized spacial score (nSPS) is 15.2. The maximum Gasteiger partial charge on any atom is 0.191 e. The average Bonchev–Trinajstić information content (AvgIpc) is 3.41. The third-order valence-electron chi connectivity index (χ3n) is 5.95. The van der Waals surface area contributed by atoms with E-state index >= 15 is 0 Å². The first kappa shape index (κ1) is 22.8. The fraction of sp³-hybridized carbons (Fsp3) is 0.333. The molecule has 1 saturated heterocycles. The number of nitrogens with one attached hydrogen (secondary N) is 2. The molecule has 172 valence electrons. The molecule has 4 rings (SSSR count). The predicted molar refractivity (Wildman–Crippen MR) is 133 cm³/mol. The standard InChI is InChI=1S/C27H33N5O/c1-28-27(31-20-26(32-17-7-8-18-32)23-9-3-2-4-10-23)30-19-22-12-14-25(15-13-22)33-21-24-11-5-6-16-29-24/h2-6,9-16,26H,7-8,17-21H2,1H3,(H2,28,30,31). The lowest BCUT2D eigenvalue weighted by Crippen LogP contribution is -2.42. The number of ether oxygens (including phenoxy) is 1. The molecule has 1 aliphatic rings. The molecule has 1 aromatic heterocycles. The fourth-order valence-corrected chi connectivity index (χ4v) is 4.13. The van der Waals surface area contributed by atoms with E-state index in [1.165, 1.54) is 24.0 Å². The summed E-state index contributed by atoms with van der Waals surface area (Å²) < 4.78 is 5.83. The maximum atomic E-state index is 5.83. The van der Waals surface area contributed by atoms with Crippen molar-refractivity contribution < 1.29 is 4.74 Å². The Morgan fingerprint density at radius 1 is 0.970 bits per heavy atom. The summed E-state index contributed by atoms with van der Waals surface area (Å²) in [7, 11) is 1.82. The first-order valence-corrected chi connectivity index (χ1v) is 11.7. The molecule has 33 heavy (non-hydrogen) atoms. The van der Waals surface area contributed by atoms with Crippen LogP contribution in [0, 0.1) is 0 Å². The van der Waals surface area contributed by atoms with Crippen molar-refractivity contribution in [3.63, 3.8) is 0 Å². The van der Waals surface area contributed by atoms with E-state index in [2.05, 4.69) is 68.0 Å². The summed E-state index contributed by atoms with van der Waals surface area (Å²) in [5, 5.41) is 6.96. The van der Waals surface area contributed by atoms with Crippen LogP contribution in [0.3, 0.4) is 0 Å². The van der Waals surface area contributed by atoms with Crippen LogP contribution in [0.2, 0.25) is 0 Å². The first-order chi connectivity index (χ1) is 16.3. The van der Waals surface area contributed by atoms with Gasteiger partial charge in [-0.2, -0.15) is 0 Å². The second kappa shape index (κ2) is 12.0. The van der Waals surface area contributed by atoms with Gasteiger partial charge in [0, 0.05) is 26.3 Å². The van der Waals surface area contributed by atoms with Crippen LogP contribution in [0.1, 0.15) is 35.7 Å². The van der Waals surface area contributed by atoms with Gasteiger partial charge in [0.1, 0.15) is 12.4 Å². The molecule has 0 saturated carbocycles. The van der Waals surface area contributed by atoms with E-state index in [4.69, 9.17) is 4.74 Å². The Bertz CT molecular complexity index is 986. The van der Waals surface area contributed by atoms with Gasteiger partial charge in [-0.05, 0) is 61.3 Å². The molecule has 0 aliphatic carbocycles. The van der Waals surface area contributed by atoms with Crippen molar-refractivity contribution >= 4 is 5.96 Å². The van der Waals surface area contributed by atoms with Gasteiger partial charge in [0.2, 0.25) is 0 Å². The summed E-state index contributed by atoms with van der Waals surface area (Å²) in [4.78, 5) is 11.3. The highest BCUT2D eigenvalue weighted by molar-refractivity contribution is 5.79. The summed E-state index contributed by atoms with van der Waals surface area (Å²) in [6.45, 7) is 4.29. The van der Waals surface area contributed by atoms with Crippen LogP contribution in [0.15, 0.2) is 84.0 Å². The molecule has 0 radical (unpaired) electrons. The zero-order valence-corrected chi connectivity index (χ0v) is 19.3. The SMILES string of the molecule is CN=C(NCc1ccc(OCc2ccccn2)cc1)NCC(c1ccccc1)N1CCCC1. The molecule has 1 aliphatic heterocycles. The minimum atomic E-state index is 0.350. The number of likely N-dealkylation sites (tertiary alicyclic amines) is 1. The minimum Gasteiger partial charge on any atom is -0.487 e. The Morgan fingerprint density at radius 2 is 1.73 bits per heavy atom. The molecule has 1 atom stereocenters. The van der Waals surface area contributed by atoms with E-state index in [-0.39, 0.29) is 0 Å². The molecule has 0 amide bonds. The van der Waals surface area contributed by atoms with Crippen LogP contribution in [0.5, 0.6) is 5.75 Å². The molecule has 2 aromatic carbocycles. The molecule has 6 heteroatoms. The Balaban J connectivity index is 1.27. The zero-order chi connectivity index (χ0) is 22.7.